The molecule has 0 unspecified atom stereocenters. The Morgan fingerprint density at radius 1 is 1.47 bits per heavy atom. The number of aromatic nitrogens is 1. The molecule has 0 amide bonds. The van der Waals surface area contributed by atoms with E-state index in [1.807, 2.05) is 4.90 Å². The van der Waals surface area contributed by atoms with Gasteiger partial charge in [-0.05, 0) is 6.07 Å². The largest absolute Gasteiger partial charge is 0.378 e. The molecule has 1 aliphatic heterocycles. The molecule has 0 N–H and O–H groups in total. The van der Waals surface area contributed by atoms with Crippen molar-refractivity contribution in [1.82, 2.24) is 4.98 Å². The number of morpholine rings is 1. The summed E-state index contributed by atoms with van der Waals surface area (Å²) in [4.78, 5) is 5.93. The summed E-state index contributed by atoms with van der Waals surface area (Å²) in [6, 6.07) is 1.60. The molecule has 1 aromatic heterocycles. The van der Waals surface area contributed by atoms with Gasteiger partial charge >= 0.3 is 0 Å². The van der Waals surface area contributed by atoms with Crippen LogP contribution in [0.3, 0.4) is 0 Å². The van der Waals surface area contributed by atoms with E-state index in [9.17, 15) is 4.39 Å². The molecular weight excluding hydrogens is 219 g/mol. The van der Waals surface area contributed by atoms with Crippen LogP contribution in [0.5, 0.6) is 0 Å². The number of rotatable bonds is 2. The van der Waals surface area contributed by atoms with Gasteiger partial charge in [0.1, 0.15) is 0 Å². The van der Waals surface area contributed by atoms with Crippen molar-refractivity contribution >= 4 is 17.4 Å². The standard InChI is InChI=1S/C10H12ClFN2O/c11-7-8-1-2-13-10(9(8)12)14-3-5-15-6-4-14/h1-2H,3-7H2. The van der Waals surface area contributed by atoms with Gasteiger partial charge in [-0.2, -0.15) is 0 Å². The first kappa shape index (κ1) is 10.6. The highest BCUT2D eigenvalue weighted by Gasteiger charge is 2.17. The van der Waals surface area contributed by atoms with Crippen LogP contribution in [0.2, 0.25) is 0 Å². The lowest BCUT2D eigenvalue weighted by atomic mass is 10.2. The van der Waals surface area contributed by atoms with Crippen molar-refractivity contribution in [2.45, 2.75) is 5.88 Å². The van der Waals surface area contributed by atoms with E-state index in [-0.39, 0.29) is 11.7 Å². The number of nitrogens with zero attached hydrogens (tertiary/aromatic N) is 2. The van der Waals surface area contributed by atoms with E-state index >= 15 is 0 Å². The second-order valence-electron chi connectivity index (χ2n) is 3.34. The third kappa shape index (κ3) is 2.21. The lowest BCUT2D eigenvalue weighted by molar-refractivity contribution is 0.122. The number of halogens is 2. The minimum Gasteiger partial charge on any atom is -0.378 e. The summed E-state index contributed by atoms with van der Waals surface area (Å²) in [6.45, 7) is 2.59. The SMILES string of the molecule is Fc1c(CCl)ccnc1N1CCOCC1. The topological polar surface area (TPSA) is 25.4 Å². The third-order valence-electron chi connectivity index (χ3n) is 2.41. The molecule has 1 saturated heterocycles. The van der Waals surface area contributed by atoms with Crippen molar-refractivity contribution in [3.63, 3.8) is 0 Å². The highest BCUT2D eigenvalue weighted by molar-refractivity contribution is 6.17. The maximum Gasteiger partial charge on any atom is 0.170 e. The van der Waals surface area contributed by atoms with E-state index in [1.165, 1.54) is 0 Å². The van der Waals surface area contributed by atoms with Crippen molar-refractivity contribution in [1.29, 1.82) is 0 Å². The zero-order chi connectivity index (χ0) is 10.7. The zero-order valence-electron chi connectivity index (χ0n) is 8.25. The van der Waals surface area contributed by atoms with Gasteiger partial charge in [-0.1, -0.05) is 0 Å². The van der Waals surface area contributed by atoms with Crippen molar-refractivity contribution in [2.24, 2.45) is 0 Å². The van der Waals surface area contributed by atoms with Gasteiger partial charge in [-0.25, -0.2) is 9.37 Å². The lowest BCUT2D eigenvalue weighted by Crippen LogP contribution is -2.37. The van der Waals surface area contributed by atoms with Crippen LogP contribution in [0.4, 0.5) is 10.2 Å². The Hall–Kier alpha value is -0.870. The Bertz CT molecular complexity index is 342. The van der Waals surface area contributed by atoms with Crippen LogP contribution in [0.15, 0.2) is 12.3 Å². The Morgan fingerprint density at radius 2 is 2.20 bits per heavy atom. The molecule has 15 heavy (non-hydrogen) atoms. The number of anilines is 1. The molecule has 1 aliphatic rings. The molecule has 5 heteroatoms. The predicted octanol–water partition coefficient (Wildman–Crippen LogP) is 1.80. The van der Waals surface area contributed by atoms with Crippen molar-refractivity contribution < 1.29 is 9.13 Å². The molecule has 0 saturated carbocycles. The Kier molecular flexibility index (Phi) is 3.38. The molecule has 82 valence electrons. The van der Waals surface area contributed by atoms with Crippen molar-refractivity contribution in [3.8, 4) is 0 Å². The van der Waals surface area contributed by atoms with E-state index in [4.69, 9.17) is 16.3 Å². The number of hydrogen-bond acceptors (Lipinski definition) is 3. The van der Waals surface area contributed by atoms with Crippen LogP contribution in [0.25, 0.3) is 0 Å². The van der Waals surface area contributed by atoms with Gasteiger partial charge in [0.2, 0.25) is 0 Å². The quantitative estimate of drug-likeness (QED) is 0.725. The van der Waals surface area contributed by atoms with E-state index < -0.39 is 0 Å². The first-order valence-corrected chi connectivity index (χ1v) is 5.38. The monoisotopic (exact) mass is 230 g/mol. The molecule has 2 heterocycles. The fourth-order valence-corrected chi connectivity index (χ4v) is 1.78. The van der Waals surface area contributed by atoms with Gasteiger partial charge in [-0.3, -0.25) is 0 Å². The van der Waals surface area contributed by atoms with Crippen molar-refractivity contribution in [3.05, 3.63) is 23.6 Å². The fraction of sp³-hybridized carbons (Fsp3) is 0.500. The van der Waals surface area contributed by atoms with E-state index in [2.05, 4.69) is 4.98 Å². The second-order valence-corrected chi connectivity index (χ2v) is 3.61. The van der Waals surface area contributed by atoms with Crippen LogP contribution >= 0.6 is 11.6 Å². The lowest BCUT2D eigenvalue weighted by Gasteiger charge is -2.28. The fourth-order valence-electron chi connectivity index (χ4n) is 1.57. The van der Waals surface area contributed by atoms with E-state index in [0.29, 0.717) is 37.7 Å². The van der Waals surface area contributed by atoms with Crippen LogP contribution in [-0.4, -0.2) is 31.3 Å². The first-order chi connectivity index (χ1) is 7.33. The smallest absolute Gasteiger partial charge is 0.170 e. The normalized spacial score (nSPS) is 16.8. The summed E-state index contributed by atoms with van der Waals surface area (Å²) in [7, 11) is 0. The Morgan fingerprint density at radius 3 is 2.87 bits per heavy atom. The average molecular weight is 231 g/mol. The average Bonchev–Trinajstić information content (AvgIpc) is 2.30. The minimum atomic E-state index is -0.311. The summed E-state index contributed by atoms with van der Waals surface area (Å²) < 4.78 is 19.0. The summed E-state index contributed by atoms with van der Waals surface area (Å²) in [6.07, 6.45) is 1.59. The molecule has 1 aromatic rings. The number of alkyl halides is 1. The Labute approximate surface area is 92.8 Å². The second kappa shape index (κ2) is 4.77. The van der Waals surface area contributed by atoms with Gasteiger partial charge in [0, 0.05) is 24.8 Å². The van der Waals surface area contributed by atoms with Crippen LogP contribution < -0.4 is 4.90 Å². The van der Waals surface area contributed by atoms with Gasteiger partial charge in [0.05, 0.1) is 19.1 Å². The number of ether oxygens (including phenoxy) is 1. The van der Waals surface area contributed by atoms with Crippen LogP contribution in [-0.2, 0) is 10.6 Å². The third-order valence-corrected chi connectivity index (χ3v) is 2.69. The van der Waals surface area contributed by atoms with Gasteiger partial charge in [0.25, 0.3) is 0 Å². The molecule has 2 rings (SSSR count). The van der Waals surface area contributed by atoms with Gasteiger partial charge in [0.15, 0.2) is 11.6 Å². The summed E-state index contributed by atoms with van der Waals surface area (Å²) in [5, 5.41) is 0. The molecule has 3 nitrogen and oxygen atoms in total. The molecule has 0 aromatic carbocycles. The van der Waals surface area contributed by atoms with Gasteiger partial charge < -0.3 is 9.64 Å². The Balaban J connectivity index is 2.26. The summed E-state index contributed by atoms with van der Waals surface area (Å²) in [5.74, 6) is 0.247. The van der Waals surface area contributed by atoms with E-state index in [1.54, 1.807) is 12.3 Å². The maximum atomic E-state index is 13.8. The predicted molar refractivity (Wildman–Crippen MR) is 56.8 cm³/mol. The molecule has 0 bridgehead atoms. The highest BCUT2D eigenvalue weighted by Crippen LogP contribution is 2.21. The van der Waals surface area contributed by atoms with E-state index in [0.717, 1.165) is 0 Å². The molecule has 0 radical (unpaired) electrons. The molecular formula is C10H12ClFN2O. The summed E-state index contributed by atoms with van der Waals surface area (Å²) in [5.41, 5.74) is 0.494. The van der Waals surface area contributed by atoms with Crippen LogP contribution in [0.1, 0.15) is 5.56 Å². The zero-order valence-corrected chi connectivity index (χ0v) is 9.00. The highest BCUT2D eigenvalue weighted by atomic mass is 35.5. The minimum absolute atomic E-state index is 0.172. The number of hydrogen-bond donors (Lipinski definition) is 0. The summed E-state index contributed by atoms with van der Waals surface area (Å²) >= 11 is 5.63. The van der Waals surface area contributed by atoms with Crippen LogP contribution in [0, 0.1) is 5.82 Å². The molecule has 0 atom stereocenters. The molecule has 0 aliphatic carbocycles. The molecule has 0 spiro atoms. The van der Waals surface area contributed by atoms with Gasteiger partial charge in [-0.15, -0.1) is 11.6 Å². The molecule has 1 fully saturated rings. The maximum absolute atomic E-state index is 13.8. The number of pyridine rings is 1. The first-order valence-electron chi connectivity index (χ1n) is 4.85. The van der Waals surface area contributed by atoms with Crippen molar-refractivity contribution in [2.75, 3.05) is 31.2 Å².